The number of carbonyl (C=O) groups is 1. The number of nitrogens with zero attached hydrogens (tertiary/aromatic N) is 2. The molecule has 0 aliphatic carbocycles. The Morgan fingerprint density at radius 2 is 1.63 bits per heavy atom. The van der Waals surface area contributed by atoms with Crippen molar-refractivity contribution in [2.75, 3.05) is 46.9 Å². The molecule has 0 heterocycles. The van der Waals surface area contributed by atoms with Crippen LogP contribution in [0.2, 0.25) is 6.32 Å². The highest BCUT2D eigenvalue weighted by Crippen LogP contribution is 2.06. The van der Waals surface area contributed by atoms with Gasteiger partial charge in [-0.3, -0.25) is 4.90 Å². The van der Waals surface area contributed by atoms with Crippen LogP contribution in [-0.4, -0.2) is 75.3 Å². The first-order valence-corrected chi connectivity index (χ1v) is 7.45. The van der Waals surface area contributed by atoms with Crippen LogP contribution >= 0.6 is 0 Å². The maximum Gasteiger partial charge on any atom is 0.197 e. The summed E-state index contributed by atoms with van der Waals surface area (Å²) in [7, 11) is 5.85. The van der Waals surface area contributed by atoms with Gasteiger partial charge in [-0.15, -0.1) is 0 Å². The van der Waals surface area contributed by atoms with Gasteiger partial charge in [-0.25, -0.2) is 0 Å². The van der Waals surface area contributed by atoms with Gasteiger partial charge in [-0.1, -0.05) is 32.0 Å². The third-order valence-corrected chi connectivity index (χ3v) is 3.22. The number of rotatable bonds is 14. The van der Waals surface area contributed by atoms with Crippen LogP contribution in [0, 0.1) is 0 Å². The molecule has 0 amide bonds. The topological polar surface area (TPSA) is 43.8 Å². The minimum atomic E-state index is 0.245. The number of hydrogen-bond donors (Lipinski definition) is 1. The molecule has 0 atom stereocenters. The van der Waals surface area contributed by atoms with Crippen molar-refractivity contribution in [3.63, 3.8) is 0 Å². The van der Waals surface area contributed by atoms with Crippen molar-refractivity contribution < 1.29 is 9.90 Å². The molecule has 19 heavy (non-hydrogen) atoms. The van der Waals surface area contributed by atoms with Gasteiger partial charge in [-0.05, 0) is 27.1 Å². The second-order valence-corrected chi connectivity index (χ2v) is 5.30. The van der Waals surface area contributed by atoms with E-state index in [9.17, 15) is 4.79 Å². The van der Waals surface area contributed by atoms with E-state index in [0.29, 0.717) is 0 Å². The normalized spacial score (nSPS) is 11.2. The fraction of sp³-hybridized carbons (Fsp3) is 0.929. The Morgan fingerprint density at radius 3 is 2.26 bits per heavy atom. The van der Waals surface area contributed by atoms with Crippen molar-refractivity contribution >= 4 is 13.5 Å². The summed E-state index contributed by atoms with van der Waals surface area (Å²) in [5.41, 5.74) is 0. The number of carbonyl (C=O) groups excluding carboxylic acids is 1. The molecule has 111 valence electrons. The Labute approximate surface area is 119 Å². The van der Waals surface area contributed by atoms with Crippen molar-refractivity contribution in [3.8, 4) is 0 Å². The number of aliphatic hydroxyl groups excluding tert-OH is 1. The molecule has 0 saturated heterocycles. The van der Waals surface area contributed by atoms with Crippen molar-refractivity contribution in [2.24, 2.45) is 0 Å². The smallest absolute Gasteiger partial charge is 0.197 e. The van der Waals surface area contributed by atoms with E-state index in [4.69, 9.17) is 5.11 Å². The average molecular weight is 269 g/mol. The molecule has 0 fully saturated rings. The van der Waals surface area contributed by atoms with Crippen LogP contribution in [0.5, 0.6) is 0 Å². The Hall–Kier alpha value is -0.385. The molecule has 0 aliphatic rings. The summed E-state index contributed by atoms with van der Waals surface area (Å²) in [6, 6.07) is 0. The van der Waals surface area contributed by atoms with Gasteiger partial charge in [0.1, 0.15) is 0 Å². The quantitative estimate of drug-likeness (QED) is 0.291. The Morgan fingerprint density at radius 1 is 0.947 bits per heavy atom. The minimum absolute atomic E-state index is 0.245. The molecule has 0 aromatic rings. The third kappa shape index (κ3) is 13.8. The van der Waals surface area contributed by atoms with Gasteiger partial charge in [0, 0.05) is 19.6 Å². The van der Waals surface area contributed by atoms with Crippen LogP contribution in [0.1, 0.15) is 32.1 Å². The number of likely N-dealkylation sites (N-methyl/N-ethyl adjacent to an activating group) is 1. The van der Waals surface area contributed by atoms with Crippen LogP contribution in [-0.2, 0) is 4.79 Å². The van der Waals surface area contributed by atoms with Crippen molar-refractivity contribution in [3.05, 3.63) is 0 Å². The SMILES string of the molecule is CN(C)CCN(CCO)CCCCCCC[B]C=O. The van der Waals surface area contributed by atoms with Gasteiger partial charge in [-0.2, -0.15) is 0 Å². The first-order valence-electron chi connectivity index (χ1n) is 7.45. The van der Waals surface area contributed by atoms with Gasteiger partial charge in [0.15, 0.2) is 7.28 Å². The Kier molecular flexibility index (Phi) is 13.7. The van der Waals surface area contributed by atoms with Gasteiger partial charge in [0.25, 0.3) is 0 Å². The fourth-order valence-corrected chi connectivity index (χ4v) is 2.01. The van der Waals surface area contributed by atoms with Gasteiger partial charge in [0.05, 0.1) is 12.8 Å². The number of unbranched alkanes of at least 4 members (excludes halogenated alkanes) is 4. The summed E-state index contributed by atoms with van der Waals surface area (Å²) in [6.07, 6.45) is 7.82. The highest BCUT2D eigenvalue weighted by atomic mass is 16.3. The lowest BCUT2D eigenvalue weighted by atomic mass is 9.75. The standard InChI is InChI=1S/C14H30BN2O2/c1-16(2)10-11-17(12-13-18)9-7-5-3-4-6-8-15-14-19/h14,18H,3-13H2,1-2H3. The first-order chi connectivity index (χ1) is 9.20. The highest BCUT2D eigenvalue weighted by molar-refractivity contribution is 6.66. The van der Waals surface area contributed by atoms with Crippen molar-refractivity contribution in [2.45, 2.75) is 38.4 Å². The van der Waals surface area contributed by atoms with E-state index in [1.807, 2.05) is 0 Å². The highest BCUT2D eigenvalue weighted by Gasteiger charge is 2.04. The summed E-state index contributed by atoms with van der Waals surface area (Å²) in [5.74, 6) is 0. The minimum Gasteiger partial charge on any atom is -0.395 e. The summed E-state index contributed by atoms with van der Waals surface area (Å²) < 4.78 is 0. The summed E-state index contributed by atoms with van der Waals surface area (Å²) in [5, 5.41) is 9.04. The van der Waals surface area contributed by atoms with E-state index in [-0.39, 0.29) is 6.61 Å². The summed E-state index contributed by atoms with van der Waals surface area (Å²) >= 11 is 0. The average Bonchev–Trinajstić information content (AvgIpc) is 2.38. The van der Waals surface area contributed by atoms with Crippen molar-refractivity contribution in [1.29, 1.82) is 0 Å². The van der Waals surface area contributed by atoms with Crippen LogP contribution in [0.25, 0.3) is 0 Å². The Balaban J connectivity index is 3.44. The lowest BCUT2D eigenvalue weighted by molar-refractivity contribution is 0.181. The third-order valence-electron chi connectivity index (χ3n) is 3.22. The molecule has 0 bridgehead atoms. The first kappa shape index (κ1) is 18.6. The maximum absolute atomic E-state index is 10.1. The van der Waals surface area contributed by atoms with E-state index >= 15 is 0 Å². The molecule has 0 saturated carbocycles. The monoisotopic (exact) mass is 269 g/mol. The predicted molar refractivity (Wildman–Crippen MR) is 82.5 cm³/mol. The van der Waals surface area contributed by atoms with Gasteiger partial charge < -0.3 is 14.8 Å². The van der Waals surface area contributed by atoms with E-state index in [0.717, 1.165) is 45.1 Å². The molecule has 0 aliphatic heterocycles. The summed E-state index contributed by atoms with van der Waals surface area (Å²) in [4.78, 5) is 14.6. The van der Waals surface area contributed by atoms with Crippen molar-refractivity contribution in [1.82, 2.24) is 9.80 Å². The van der Waals surface area contributed by atoms with E-state index < -0.39 is 0 Å². The molecule has 1 radical (unpaired) electrons. The molecule has 0 aromatic carbocycles. The largest absolute Gasteiger partial charge is 0.395 e. The van der Waals surface area contributed by atoms with Gasteiger partial charge >= 0.3 is 0 Å². The second-order valence-electron chi connectivity index (χ2n) is 5.30. The second kappa shape index (κ2) is 14.0. The lowest BCUT2D eigenvalue weighted by Gasteiger charge is -2.23. The molecule has 0 rings (SSSR count). The number of hydrogen-bond acceptors (Lipinski definition) is 4. The molecule has 0 spiro atoms. The molecule has 1 N–H and O–H groups in total. The number of aliphatic hydroxyl groups is 1. The lowest BCUT2D eigenvalue weighted by Crippen LogP contribution is -2.34. The molecule has 4 nitrogen and oxygen atoms in total. The zero-order valence-corrected chi connectivity index (χ0v) is 12.7. The van der Waals surface area contributed by atoms with Crippen LogP contribution in [0.4, 0.5) is 0 Å². The van der Waals surface area contributed by atoms with Crippen LogP contribution in [0.3, 0.4) is 0 Å². The summed E-state index contributed by atoms with van der Waals surface area (Å²) in [6.45, 7) is 4.18. The molecule has 0 aromatic heterocycles. The zero-order chi connectivity index (χ0) is 14.3. The molecule has 5 heteroatoms. The Bertz CT molecular complexity index is 204. The molecular formula is C14H30BN2O2. The zero-order valence-electron chi connectivity index (χ0n) is 12.7. The van der Waals surface area contributed by atoms with Crippen LogP contribution < -0.4 is 0 Å². The van der Waals surface area contributed by atoms with E-state index in [2.05, 4.69) is 23.9 Å². The van der Waals surface area contributed by atoms with E-state index in [1.54, 1.807) is 7.28 Å². The fourth-order valence-electron chi connectivity index (χ4n) is 2.01. The van der Waals surface area contributed by atoms with Gasteiger partial charge in [0.2, 0.25) is 0 Å². The molecular weight excluding hydrogens is 239 g/mol. The maximum atomic E-state index is 10.1. The van der Waals surface area contributed by atoms with Crippen LogP contribution in [0.15, 0.2) is 0 Å². The molecule has 0 unspecified atom stereocenters. The van der Waals surface area contributed by atoms with E-state index in [1.165, 1.54) is 25.7 Å². The predicted octanol–water partition coefficient (Wildman–Crippen LogP) is 1.11.